The molecule has 5 aromatic rings. The lowest BCUT2D eigenvalue weighted by Crippen LogP contribution is -2.38. The number of allylic oxidation sites excluding steroid dienone is 1. The fraction of sp³-hybridized carbons (Fsp3) is 0.118. The molecule has 202 valence electrons. The van der Waals surface area contributed by atoms with Crippen molar-refractivity contribution >= 4 is 55.0 Å². The van der Waals surface area contributed by atoms with Gasteiger partial charge in [-0.15, -0.1) is 0 Å². The number of hydrogen-bond donors (Lipinski definition) is 0. The summed E-state index contributed by atoms with van der Waals surface area (Å²) < 4.78 is 10.4. The predicted octanol–water partition coefficient (Wildman–Crippen LogP) is 7.42. The van der Waals surface area contributed by atoms with Crippen molar-refractivity contribution in [3.05, 3.63) is 159 Å². The number of thiazole rings is 1. The molecule has 1 atom stereocenters. The second kappa shape index (κ2) is 11.0. The van der Waals surface area contributed by atoms with Crippen LogP contribution in [0.15, 0.2) is 121 Å². The predicted molar refractivity (Wildman–Crippen MR) is 172 cm³/mol. The summed E-state index contributed by atoms with van der Waals surface area (Å²) in [7, 11) is 0. The Morgan fingerprint density at radius 1 is 0.927 bits per heavy atom. The van der Waals surface area contributed by atoms with Gasteiger partial charge >= 0.3 is 0 Å². The van der Waals surface area contributed by atoms with Gasteiger partial charge in [-0.05, 0) is 86.9 Å². The largest absolute Gasteiger partial charge is 0.488 e. The summed E-state index contributed by atoms with van der Waals surface area (Å²) in [6, 6.07) is 32.6. The molecule has 0 radical (unpaired) electrons. The molecule has 0 N–H and O–H groups in total. The van der Waals surface area contributed by atoms with Crippen LogP contribution in [0.1, 0.15) is 40.3 Å². The van der Waals surface area contributed by atoms with Gasteiger partial charge in [0.2, 0.25) is 0 Å². The number of nitrogens with zero attached hydrogens (tertiary/aromatic N) is 2. The minimum Gasteiger partial charge on any atom is -0.488 e. The van der Waals surface area contributed by atoms with Gasteiger partial charge in [0.25, 0.3) is 5.56 Å². The summed E-state index contributed by atoms with van der Waals surface area (Å²) in [4.78, 5) is 19.9. The van der Waals surface area contributed by atoms with E-state index in [0.717, 1.165) is 54.7 Å². The Labute approximate surface area is 258 Å². The van der Waals surface area contributed by atoms with Gasteiger partial charge in [-0.2, -0.15) is 0 Å². The van der Waals surface area contributed by atoms with Crippen molar-refractivity contribution in [3.63, 3.8) is 0 Å². The van der Waals surface area contributed by atoms with Crippen molar-refractivity contribution in [1.29, 1.82) is 0 Å². The van der Waals surface area contributed by atoms with Crippen LogP contribution in [0.25, 0.3) is 11.8 Å². The minimum absolute atomic E-state index is 0.0207. The molecule has 2 heterocycles. The van der Waals surface area contributed by atoms with Gasteiger partial charge in [-0.1, -0.05) is 100 Å². The molecule has 7 rings (SSSR count). The lowest BCUT2D eigenvalue weighted by atomic mass is 9.83. The van der Waals surface area contributed by atoms with E-state index in [1.54, 1.807) is 0 Å². The van der Waals surface area contributed by atoms with Crippen LogP contribution in [0.2, 0.25) is 0 Å². The molecule has 1 aromatic heterocycles. The van der Waals surface area contributed by atoms with Gasteiger partial charge in [0.05, 0.1) is 20.7 Å². The molecule has 0 unspecified atom stereocenters. The van der Waals surface area contributed by atoms with E-state index in [9.17, 15) is 4.79 Å². The molecule has 0 bridgehead atoms. The number of fused-ring (bicyclic) bond motifs is 3. The van der Waals surface area contributed by atoms with Crippen LogP contribution in [0.3, 0.4) is 0 Å². The Morgan fingerprint density at radius 3 is 2.51 bits per heavy atom. The Hall–Kier alpha value is -3.52. The number of benzene rings is 4. The number of ether oxygens (including phenoxy) is 1. The van der Waals surface area contributed by atoms with Crippen molar-refractivity contribution in [3.8, 4) is 5.75 Å². The quantitative estimate of drug-likeness (QED) is 0.194. The summed E-state index contributed by atoms with van der Waals surface area (Å²) in [6.45, 7) is 0.487. The highest BCUT2D eigenvalue weighted by molar-refractivity contribution is 9.10. The van der Waals surface area contributed by atoms with Gasteiger partial charge in [-0.3, -0.25) is 9.36 Å². The molecule has 2 aliphatic rings. The van der Waals surface area contributed by atoms with E-state index < -0.39 is 0 Å². The molecule has 7 heteroatoms. The molecule has 4 aromatic carbocycles. The zero-order valence-electron chi connectivity index (χ0n) is 21.9. The average molecular weight is 684 g/mol. The second-order valence-electron chi connectivity index (χ2n) is 10.1. The number of halogens is 2. The number of hydrogen-bond acceptors (Lipinski definition) is 4. The Kier molecular flexibility index (Phi) is 7.11. The van der Waals surface area contributed by atoms with E-state index in [2.05, 4.69) is 68.3 Å². The van der Waals surface area contributed by atoms with Gasteiger partial charge in [0, 0.05) is 10.0 Å². The average Bonchev–Trinajstić information content (AvgIpc) is 3.30. The van der Waals surface area contributed by atoms with Crippen LogP contribution in [-0.2, 0) is 13.0 Å². The number of aromatic nitrogens is 1. The third-order valence-corrected chi connectivity index (χ3v) is 9.68. The fourth-order valence-electron chi connectivity index (χ4n) is 5.58. The van der Waals surface area contributed by atoms with Gasteiger partial charge in [0.1, 0.15) is 12.4 Å². The van der Waals surface area contributed by atoms with E-state index in [4.69, 9.17) is 9.73 Å². The highest BCUT2D eigenvalue weighted by Gasteiger charge is 2.32. The third-order valence-electron chi connectivity index (χ3n) is 7.55. The third kappa shape index (κ3) is 5.07. The van der Waals surface area contributed by atoms with E-state index in [0.29, 0.717) is 11.1 Å². The van der Waals surface area contributed by atoms with Crippen LogP contribution >= 0.6 is 43.2 Å². The molecule has 1 aliphatic carbocycles. The first kappa shape index (κ1) is 26.4. The number of aryl methyl sites for hydroxylation is 1. The van der Waals surface area contributed by atoms with Crippen LogP contribution in [0.5, 0.6) is 5.75 Å². The molecule has 0 fully saturated rings. The molecule has 4 nitrogen and oxygen atoms in total. The van der Waals surface area contributed by atoms with Crippen LogP contribution in [0.4, 0.5) is 0 Å². The second-order valence-corrected chi connectivity index (χ2v) is 12.9. The SMILES string of the molecule is O=c1/c(=C\c2ccc(OCc3ccccc3)c(Br)c2)sc2n1[C@@H](c1ccc(Br)cc1)C1=C(N=2)c2ccccc2CC1. The number of rotatable bonds is 5. The molecule has 0 saturated carbocycles. The van der Waals surface area contributed by atoms with Crippen LogP contribution < -0.4 is 19.6 Å². The first-order valence-corrected chi connectivity index (χ1v) is 15.8. The van der Waals surface area contributed by atoms with E-state index in [-0.39, 0.29) is 11.6 Å². The highest BCUT2D eigenvalue weighted by atomic mass is 79.9. The Bertz CT molecular complexity index is 1990. The molecule has 1 aliphatic heterocycles. The molecular weight excluding hydrogens is 660 g/mol. The van der Waals surface area contributed by atoms with Crippen molar-refractivity contribution in [2.24, 2.45) is 4.99 Å². The van der Waals surface area contributed by atoms with Gasteiger partial charge < -0.3 is 4.74 Å². The molecular formula is C34H24Br2N2O2S. The molecule has 0 saturated heterocycles. The van der Waals surface area contributed by atoms with E-state index in [1.165, 1.54) is 28.0 Å². The van der Waals surface area contributed by atoms with Crippen molar-refractivity contribution in [2.75, 3.05) is 0 Å². The smallest absolute Gasteiger partial charge is 0.271 e. The Balaban J connectivity index is 1.31. The maximum atomic E-state index is 14.0. The summed E-state index contributed by atoms with van der Waals surface area (Å²) in [5, 5.41) is 0. The van der Waals surface area contributed by atoms with Gasteiger partial charge in [-0.25, -0.2) is 4.99 Å². The first-order valence-electron chi connectivity index (χ1n) is 13.4. The van der Waals surface area contributed by atoms with Crippen molar-refractivity contribution in [2.45, 2.75) is 25.5 Å². The summed E-state index contributed by atoms with van der Waals surface area (Å²) in [6.07, 6.45) is 3.76. The molecule has 0 spiro atoms. The van der Waals surface area contributed by atoms with Crippen LogP contribution in [0, 0.1) is 0 Å². The van der Waals surface area contributed by atoms with E-state index >= 15 is 0 Å². The monoisotopic (exact) mass is 682 g/mol. The van der Waals surface area contributed by atoms with Gasteiger partial charge in [0.15, 0.2) is 4.80 Å². The van der Waals surface area contributed by atoms with Crippen molar-refractivity contribution < 1.29 is 4.74 Å². The van der Waals surface area contributed by atoms with Crippen molar-refractivity contribution in [1.82, 2.24) is 4.57 Å². The normalized spacial score (nSPS) is 16.0. The summed E-state index contributed by atoms with van der Waals surface area (Å²) in [5.41, 5.74) is 7.78. The van der Waals surface area contributed by atoms with E-state index in [1.807, 2.05) is 71.3 Å². The maximum Gasteiger partial charge on any atom is 0.271 e. The topological polar surface area (TPSA) is 43.6 Å². The summed E-state index contributed by atoms with van der Waals surface area (Å²) in [5.74, 6) is 0.758. The summed E-state index contributed by atoms with van der Waals surface area (Å²) >= 11 is 8.67. The fourth-order valence-corrected chi connectivity index (χ4v) is 7.35. The Morgan fingerprint density at radius 2 is 1.71 bits per heavy atom. The standard InChI is InChI=1S/C34H24Br2N2O2S/c35-25-14-11-24(12-15-25)32-27-16-13-23-8-4-5-9-26(23)31(27)37-34-38(32)33(39)30(41-34)19-22-10-17-29(28(36)18-22)40-20-21-6-2-1-3-7-21/h1-12,14-15,17-19,32H,13,16,20H2/b30-19+/t32-/m0/s1. The lowest BCUT2D eigenvalue weighted by molar-refractivity contribution is 0.304. The maximum absolute atomic E-state index is 14.0. The lowest BCUT2D eigenvalue weighted by Gasteiger charge is -2.30. The molecule has 0 amide bonds. The molecule has 41 heavy (non-hydrogen) atoms. The minimum atomic E-state index is -0.189. The zero-order valence-corrected chi connectivity index (χ0v) is 25.9. The first-order chi connectivity index (χ1) is 20.0. The zero-order chi connectivity index (χ0) is 27.9. The van der Waals surface area contributed by atoms with Crippen LogP contribution in [-0.4, -0.2) is 4.57 Å². The highest BCUT2D eigenvalue weighted by Crippen LogP contribution is 2.41.